The van der Waals surface area contributed by atoms with Crippen molar-refractivity contribution in [1.29, 1.82) is 0 Å². The summed E-state index contributed by atoms with van der Waals surface area (Å²) >= 11 is 1.58. The highest BCUT2D eigenvalue weighted by atomic mass is 32.1. The van der Waals surface area contributed by atoms with Gasteiger partial charge in [-0.1, -0.05) is 6.07 Å². The topological polar surface area (TPSA) is 43.8 Å². The van der Waals surface area contributed by atoms with E-state index in [1.807, 2.05) is 22.4 Å². The van der Waals surface area contributed by atoms with E-state index in [0.29, 0.717) is 6.54 Å². The molecule has 1 N–H and O–H groups in total. The van der Waals surface area contributed by atoms with Crippen LogP contribution in [0.1, 0.15) is 17.9 Å². The summed E-state index contributed by atoms with van der Waals surface area (Å²) in [4.78, 5) is 16.3. The van der Waals surface area contributed by atoms with Crippen molar-refractivity contribution in [3.05, 3.63) is 22.4 Å². The van der Waals surface area contributed by atoms with Crippen LogP contribution in [0.2, 0.25) is 0 Å². The third-order valence-electron chi connectivity index (χ3n) is 3.12. The van der Waals surface area contributed by atoms with Gasteiger partial charge in [-0.2, -0.15) is 0 Å². The number of nitrogens with zero attached hydrogens (tertiary/aromatic N) is 2. The van der Waals surface area contributed by atoms with E-state index in [-0.39, 0.29) is 5.91 Å². The maximum Gasteiger partial charge on any atom is 0.219 e. The molecule has 0 saturated carbocycles. The van der Waals surface area contributed by atoms with E-state index in [1.54, 1.807) is 18.3 Å². The highest BCUT2D eigenvalue weighted by Gasteiger charge is 2.21. The minimum absolute atomic E-state index is 0.142. The fourth-order valence-electron chi connectivity index (χ4n) is 2.06. The van der Waals surface area contributed by atoms with Crippen molar-refractivity contribution in [2.75, 3.05) is 32.7 Å². The summed E-state index contributed by atoms with van der Waals surface area (Å²) in [5.41, 5.74) is 0. The zero-order chi connectivity index (χ0) is 12.3. The van der Waals surface area contributed by atoms with Crippen LogP contribution < -0.4 is 0 Å². The molecule has 94 valence electrons. The van der Waals surface area contributed by atoms with E-state index in [0.717, 1.165) is 31.1 Å². The molecule has 5 heteroatoms. The monoisotopic (exact) mass is 254 g/mol. The molecule has 0 bridgehead atoms. The van der Waals surface area contributed by atoms with E-state index >= 15 is 0 Å². The van der Waals surface area contributed by atoms with E-state index in [9.17, 15) is 9.90 Å². The van der Waals surface area contributed by atoms with Gasteiger partial charge in [0.1, 0.15) is 6.10 Å². The molecule has 1 aromatic rings. The number of aliphatic hydroxyl groups excluding tert-OH is 1. The standard InChI is InChI=1S/C12H18N2O2S/c1-10(15)14-6-4-13(5-7-14)9-11(16)12-3-2-8-17-12/h2-3,8,11,16H,4-7,9H2,1H3. The van der Waals surface area contributed by atoms with E-state index in [4.69, 9.17) is 0 Å². The van der Waals surface area contributed by atoms with E-state index in [2.05, 4.69) is 4.90 Å². The number of aliphatic hydroxyl groups is 1. The Morgan fingerprint density at radius 3 is 2.71 bits per heavy atom. The second-order valence-corrected chi connectivity index (χ2v) is 5.32. The molecule has 1 fully saturated rings. The molecule has 1 amide bonds. The molecule has 17 heavy (non-hydrogen) atoms. The highest BCUT2D eigenvalue weighted by Crippen LogP contribution is 2.20. The predicted octanol–water partition coefficient (Wildman–Crippen LogP) is 0.946. The van der Waals surface area contributed by atoms with Gasteiger partial charge in [0.2, 0.25) is 5.91 Å². The van der Waals surface area contributed by atoms with Crippen LogP contribution in [0.5, 0.6) is 0 Å². The second kappa shape index (κ2) is 5.62. The summed E-state index contributed by atoms with van der Waals surface area (Å²) < 4.78 is 0. The van der Waals surface area contributed by atoms with Gasteiger partial charge in [-0.3, -0.25) is 9.69 Å². The molecule has 1 unspecified atom stereocenters. The van der Waals surface area contributed by atoms with E-state index < -0.39 is 6.10 Å². The van der Waals surface area contributed by atoms with Crippen LogP contribution in [-0.2, 0) is 4.79 Å². The Labute approximate surface area is 105 Å². The number of hydrogen-bond donors (Lipinski definition) is 1. The Morgan fingerprint density at radius 1 is 1.47 bits per heavy atom. The van der Waals surface area contributed by atoms with Crippen LogP contribution in [0.4, 0.5) is 0 Å². The molecule has 1 aliphatic heterocycles. The van der Waals surface area contributed by atoms with Gasteiger partial charge in [-0.15, -0.1) is 11.3 Å². The third kappa shape index (κ3) is 3.28. The van der Waals surface area contributed by atoms with E-state index in [1.165, 1.54) is 0 Å². The van der Waals surface area contributed by atoms with Crippen LogP contribution in [0, 0.1) is 0 Å². The zero-order valence-electron chi connectivity index (χ0n) is 10.0. The second-order valence-electron chi connectivity index (χ2n) is 4.34. The molecule has 1 aliphatic rings. The number of thiophene rings is 1. The Hall–Kier alpha value is -0.910. The smallest absolute Gasteiger partial charge is 0.219 e. The van der Waals surface area contributed by atoms with Crippen molar-refractivity contribution in [2.24, 2.45) is 0 Å². The Kier molecular flexibility index (Phi) is 4.15. The lowest BCUT2D eigenvalue weighted by molar-refractivity contribution is -0.130. The third-order valence-corrected chi connectivity index (χ3v) is 4.09. The molecule has 0 aromatic carbocycles. The highest BCUT2D eigenvalue weighted by molar-refractivity contribution is 7.10. The first-order valence-electron chi connectivity index (χ1n) is 5.86. The fourth-order valence-corrected chi connectivity index (χ4v) is 2.76. The van der Waals surface area contributed by atoms with Crippen molar-refractivity contribution in [2.45, 2.75) is 13.0 Å². The SMILES string of the molecule is CC(=O)N1CCN(CC(O)c2cccs2)CC1. The number of carbonyl (C=O) groups is 1. The van der Waals surface area contributed by atoms with Gasteiger partial charge < -0.3 is 10.0 Å². The summed E-state index contributed by atoms with van der Waals surface area (Å²) in [6.45, 7) is 5.51. The molecular formula is C12H18N2O2S. The van der Waals surface area contributed by atoms with Crippen molar-refractivity contribution in [3.63, 3.8) is 0 Å². The molecule has 4 nitrogen and oxygen atoms in total. The van der Waals surface area contributed by atoms with Crippen molar-refractivity contribution >= 4 is 17.2 Å². The molecule has 0 radical (unpaired) electrons. The van der Waals surface area contributed by atoms with Crippen LogP contribution in [0.15, 0.2) is 17.5 Å². The van der Waals surface area contributed by atoms with Crippen molar-refractivity contribution < 1.29 is 9.90 Å². The summed E-state index contributed by atoms with van der Waals surface area (Å²) in [5.74, 6) is 0.142. The molecule has 2 rings (SSSR count). The van der Waals surface area contributed by atoms with Crippen LogP contribution in [-0.4, -0.2) is 53.5 Å². The van der Waals surface area contributed by atoms with Crippen LogP contribution in [0.25, 0.3) is 0 Å². The van der Waals surface area contributed by atoms with Gasteiger partial charge >= 0.3 is 0 Å². The lowest BCUT2D eigenvalue weighted by atomic mass is 10.2. The van der Waals surface area contributed by atoms with Gasteiger partial charge in [0, 0.05) is 44.5 Å². The first-order valence-corrected chi connectivity index (χ1v) is 6.74. The number of carbonyl (C=O) groups excluding carboxylic acids is 1. The summed E-state index contributed by atoms with van der Waals surface area (Å²) in [6, 6.07) is 3.91. The summed E-state index contributed by atoms with van der Waals surface area (Å²) in [7, 11) is 0. The minimum atomic E-state index is -0.404. The fraction of sp³-hybridized carbons (Fsp3) is 0.583. The first kappa shape index (κ1) is 12.5. The number of hydrogen-bond acceptors (Lipinski definition) is 4. The van der Waals surface area contributed by atoms with Gasteiger partial charge in [0.05, 0.1) is 0 Å². The normalized spacial score (nSPS) is 19.3. The summed E-state index contributed by atoms with van der Waals surface area (Å²) in [6.07, 6.45) is -0.404. The molecule has 0 spiro atoms. The van der Waals surface area contributed by atoms with Crippen LogP contribution in [0.3, 0.4) is 0 Å². The Morgan fingerprint density at radius 2 is 2.18 bits per heavy atom. The number of rotatable bonds is 3. The Balaban J connectivity index is 1.80. The van der Waals surface area contributed by atoms with Gasteiger partial charge in [0.25, 0.3) is 0 Å². The molecular weight excluding hydrogens is 236 g/mol. The molecule has 1 atom stereocenters. The van der Waals surface area contributed by atoms with Crippen molar-refractivity contribution in [3.8, 4) is 0 Å². The lowest BCUT2D eigenvalue weighted by Gasteiger charge is -2.35. The minimum Gasteiger partial charge on any atom is -0.386 e. The quantitative estimate of drug-likeness (QED) is 0.873. The maximum absolute atomic E-state index is 11.2. The predicted molar refractivity (Wildman–Crippen MR) is 68.0 cm³/mol. The lowest BCUT2D eigenvalue weighted by Crippen LogP contribution is -2.48. The molecule has 1 aromatic heterocycles. The molecule has 2 heterocycles. The average Bonchev–Trinajstić information content (AvgIpc) is 2.83. The number of piperazine rings is 1. The Bertz CT molecular complexity index is 359. The van der Waals surface area contributed by atoms with Gasteiger partial charge in [-0.25, -0.2) is 0 Å². The van der Waals surface area contributed by atoms with Crippen molar-refractivity contribution in [1.82, 2.24) is 9.80 Å². The molecule has 1 saturated heterocycles. The molecule has 0 aliphatic carbocycles. The average molecular weight is 254 g/mol. The summed E-state index contributed by atoms with van der Waals surface area (Å²) in [5, 5.41) is 12.0. The van der Waals surface area contributed by atoms with Gasteiger partial charge in [-0.05, 0) is 11.4 Å². The number of β-amino-alcohol motifs (C(OH)–C–C–N with tert-alkyl or cyclic N) is 1. The maximum atomic E-state index is 11.2. The first-order chi connectivity index (χ1) is 8.16. The van der Waals surface area contributed by atoms with Crippen LogP contribution >= 0.6 is 11.3 Å². The zero-order valence-corrected chi connectivity index (χ0v) is 10.8. The number of amides is 1. The largest absolute Gasteiger partial charge is 0.386 e. The van der Waals surface area contributed by atoms with Gasteiger partial charge in [0.15, 0.2) is 0 Å².